The molecule has 3 nitrogen and oxygen atoms in total. The highest BCUT2D eigenvalue weighted by Gasteiger charge is 2.60. The number of aryl methyl sites for hydroxylation is 1. The van der Waals surface area contributed by atoms with Gasteiger partial charge in [0.1, 0.15) is 0 Å². The normalized spacial score (nSPS) is 19.1. The molecule has 324 valence electrons. The lowest BCUT2D eigenvalue weighted by Crippen LogP contribution is -2.61. The Morgan fingerprint density at radius 2 is 1.06 bits per heavy atom. The van der Waals surface area contributed by atoms with Crippen LogP contribution in [0.1, 0.15) is 89.6 Å². The summed E-state index contributed by atoms with van der Waals surface area (Å²) in [6.45, 7) is 19.1. The Balaban J connectivity index is 1.21. The molecular weight excluding hydrogens is 798 g/mol. The van der Waals surface area contributed by atoms with Gasteiger partial charge in [0, 0.05) is 50.9 Å². The third-order valence-electron chi connectivity index (χ3n) is 16.0. The van der Waals surface area contributed by atoms with Gasteiger partial charge in [0.2, 0.25) is 0 Å². The van der Waals surface area contributed by atoms with Crippen LogP contribution in [0.15, 0.2) is 182 Å². The van der Waals surface area contributed by atoms with Crippen molar-refractivity contribution in [3.63, 3.8) is 0 Å². The monoisotopic (exact) mass is 855 g/mol. The molecule has 2 atom stereocenters. The Hall–Kier alpha value is -6.78. The summed E-state index contributed by atoms with van der Waals surface area (Å²) in [5.41, 5.74) is 22.6. The third kappa shape index (κ3) is 5.83. The van der Waals surface area contributed by atoms with E-state index in [1.165, 1.54) is 95.1 Å². The molecule has 0 amide bonds. The predicted molar refractivity (Wildman–Crippen MR) is 281 cm³/mol. The lowest BCUT2D eigenvalue weighted by molar-refractivity contribution is 0.245. The van der Waals surface area contributed by atoms with Crippen LogP contribution in [0.3, 0.4) is 0 Å². The summed E-state index contributed by atoms with van der Waals surface area (Å²) < 4.78 is 0. The zero-order valence-electron chi connectivity index (χ0n) is 39.7. The minimum atomic E-state index is -0.396. The standard InChI is InChI=1S/C62H58BN3/c1-59(2,3)44-23-19-26-47(37-44)65-55-38-45(60(4,5)6)31-32-52(55)63-51-28-17-18-29-54(51)64(46-24-13-10-14-25-46)56-39-48(40-57(65)58(56)63)66-53-33-30-43(41-20-11-9-12-21-41)36-50(53)61(7)35-34-42-22-15-16-27-49(42)62(61,66)8/h9-33,36-40H,34-35H2,1-8H3. The van der Waals surface area contributed by atoms with Gasteiger partial charge in [0.25, 0.3) is 6.71 Å². The van der Waals surface area contributed by atoms with Gasteiger partial charge in [0.05, 0.1) is 5.54 Å². The van der Waals surface area contributed by atoms with E-state index in [0.29, 0.717) is 0 Å². The summed E-state index contributed by atoms with van der Waals surface area (Å²) >= 11 is 0. The summed E-state index contributed by atoms with van der Waals surface area (Å²) in [5.74, 6) is 0. The van der Waals surface area contributed by atoms with Gasteiger partial charge in [-0.05, 0) is 147 Å². The summed E-state index contributed by atoms with van der Waals surface area (Å²) in [7, 11) is 0. The maximum absolute atomic E-state index is 2.76. The van der Waals surface area contributed by atoms with Gasteiger partial charge in [-0.1, -0.05) is 170 Å². The van der Waals surface area contributed by atoms with E-state index in [4.69, 9.17) is 0 Å². The first-order valence-corrected chi connectivity index (χ1v) is 24.0. The largest absolute Gasteiger partial charge is 0.330 e. The molecular formula is C62H58BN3. The average molecular weight is 856 g/mol. The van der Waals surface area contributed by atoms with E-state index in [-0.39, 0.29) is 23.0 Å². The van der Waals surface area contributed by atoms with E-state index in [0.717, 1.165) is 18.5 Å². The highest BCUT2D eigenvalue weighted by Crippen LogP contribution is 2.65. The first-order valence-electron chi connectivity index (χ1n) is 24.0. The summed E-state index contributed by atoms with van der Waals surface area (Å²) in [5, 5.41) is 0. The minimum absolute atomic E-state index is 0.0277. The SMILES string of the molecule is CC(C)(C)c1cccc(N2c3cc(C(C)(C)C)ccc3B3c4ccccc4N(c4ccccc4)c4cc(N5c6ccc(-c7ccccc7)cc6C6(C)CCc7ccccc7C56C)cc2c43)c1. The second-order valence-electron chi connectivity index (χ2n) is 21.7. The van der Waals surface area contributed by atoms with Gasteiger partial charge in [-0.3, -0.25) is 0 Å². The minimum Gasteiger partial charge on any atom is -0.330 e. The summed E-state index contributed by atoms with van der Waals surface area (Å²) in [6.07, 6.45) is 2.10. The van der Waals surface area contributed by atoms with Crippen molar-refractivity contribution in [3.8, 4) is 11.1 Å². The van der Waals surface area contributed by atoms with Gasteiger partial charge in [-0.25, -0.2) is 0 Å². The molecule has 3 heterocycles. The van der Waals surface area contributed by atoms with Crippen LogP contribution in [0.4, 0.5) is 45.5 Å². The molecule has 66 heavy (non-hydrogen) atoms. The van der Waals surface area contributed by atoms with Crippen LogP contribution in [-0.2, 0) is 28.2 Å². The summed E-state index contributed by atoms with van der Waals surface area (Å²) in [6, 6.07) is 69.6. The van der Waals surface area contributed by atoms with Crippen molar-refractivity contribution < 1.29 is 0 Å². The highest BCUT2D eigenvalue weighted by atomic mass is 15.3. The van der Waals surface area contributed by atoms with Crippen LogP contribution in [0.2, 0.25) is 0 Å². The van der Waals surface area contributed by atoms with E-state index >= 15 is 0 Å². The number of benzene rings is 8. The van der Waals surface area contributed by atoms with Crippen LogP contribution >= 0.6 is 0 Å². The number of fused-ring (bicyclic) bond motifs is 9. The molecule has 0 aromatic heterocycles. The zero-order valence-corrected chi connectivity index (χ0v) is 39.7. The Labute approximate surface area is 392 Å². The van der Waals surface area contributed by atoms with Gasteiger partial charge >= 0.3 is 0 Å². The third-order valence-corrected chi connectivity index (χ3v) is 16.0. The van der Waals surface area contributed by atoms with Crippen molar-refractivity contribution in [3.05, 3.63) is 210 Å². The highest BCUT2D eigenvalue weighted by molar-refractivity contribution is 7.00. The van der Waals surface area contributed by atoms with Crippen LogP contribution in [0.5, 0.6) is 0 Å². The van der Waals surface area contributed by atoms with Crippen molar-refractivity contribution in [1.82, 2.24) is 0 Å². The second-order valence-corrected chi connectivity index (χ2v) is 21.7. The molecule has 1 aliphatic carbocycles. The van der Waals surface area contributed by atoms with E-state index < -0.39 is 5.54 Å². The first-order chi connectivity index (χ1) is 31.8. The quantitative estimate of drug-likeness (QED) is 0.163. The smallest absolute Gasteiger partial charge is 0.252 e. The Morgan fingerprint density at radius 3 is 1.80 bits per heavy atom. The molecule has 0 radical (unpaired) electrons. The molecule has 0 spiro atoms. The zero-order chi connectivity index (χ0) is 45.3. The molecule has 0 saturated carbocycles. The Morgan fingerprint density at radius 1 is 0.439 bits per heavy atom. The van der Waals surface area contributed by atoms with Crippen molar-refractivity contribution in [2.24, 2.45) is 0 Å². The number of para-hydroxylation sites is 2. The molecule has 0 N–H and O–H groups in total. The maximum Gasteiger partial charge on any atom is 0.252 e. The number of hydrogen-bond donors (Lipinski definition) is 0. The first kappa shape index (κ1) is 40.7. The molecule has 4 heteroatoms. The molecule has 0 fully saturated rings. The maximum atomic E-state index is 2.76. The lowest BCUT2D eigenvalue weighted by Gasteiger charge is -2.52. The Kier molecular flexibility index (Phi) is 8.86. The van der Waals surface area contributed by atoms with E-state index in [1.54, 1.807) is 0 Å². The fourth-order valence-corrected chi connectivity index (χ4v) is 12.3. The molecule has 12 rings (SSSR count). The fourth-order valence-electron chi connectivity index (χ4n) is 12.3. The van der Waals surface area contributed by atoms with Crippen molar-refractivity contribution in [2.75, 3.05) is 14.7 Å². The molecule has 0 bridgehead atoms. The number of nitrogens with zero attached hydrogens (tertiary/aromatic N) is 3. The van der Waals surface area contributed by atoms with E-state index in [1.807, 2.05) is 0 Å². The topological polar surface area (TPSA) is 9.72 Å². The molecule has 3 aliphatic heterocycles. The number of anilines is 8. The van der Waals surface area contributed by atoms with Crippen molar-refractivity contribution in [2.45, 2.75) is 90.0 Å². The van der Waals surface area contributed by atoms with Crippen LogP contribution in [-0.4, -0.2) is 6.71 Å². The molecule has 4 aliphatic rings. The van der Waals surface area contributed by atoms with Crippen LogP contribution in [0.25, 0.3) is 11.1 Å². The summed E-state index contributed by atoms with van der Waals surface area (Å²) in [4.78, 5) is 7.94. The predicted octanol–water partition coefficient (Wildman–Crippen LogP) is 14.3. The van der Waals surface area contributed by atoms with E-state index in [9.17, 15) is 0 Å². The van der Waals surface area contributed by atoms with Crippen LogP contribution in [0, 0.1) is 0 Å². The van der Waals surface area contributed by atoms with Crippen molar-refractivity contribution in [1.29, 1.82) is 0 Å². The number of rotatable bonds is 4. The second kappa shape index (κ2) is 14.4. The molecule has 8 aromatic carbocycles. The number of hydrogen-bond acceptors (Lipinski definition) is 3. The molecule has 2 unspecified atom stereocenters. The van der Waals surface area contributed by atoms with Gasteiger partial charge in [0.15, 0.2) is 0 Å². The van der Waals surface area contributed by atoms with Gasteiger partial charge in [-0.15, -0.1) is 0 Å². The van der Waals surface area contributed by atoms with Crippen molar-refractivity contribution >= 4 is 68.6 Å². The van der Waals surface area contributed by atoms with E-state index in [2.05, 4.69) is 252 Å². The van der Waals surface area contributed by atoms with Crippen LogP contribution < -0.4 is 31.1 Å². The Bertz CT molecular complexity index is 3230. The fraction of sp³-hybridized carbons (Fsp3) is 0.226. The molecule has 0 saturated heterocycles. The van der Waals surface area contributed by atoms with Gasteiger partial charge in [-0.2, -0.15) is 0 Å². The van der Waals surface area contributed by atoms with Gasteiger partial charge < -0.3 is 14.7 Å². The average Bonchev–Trinajstić information content (AvgIpc) is 3.54. The molecule has 8 aromatic rings. The lowest BCUT2D eigenvalue weighted by atomic mass is 9.33.